The molecule has 1 atom stereocenters. The van der Waals surface area contributed by atoms with Crippen molar-refractivity contribution in [3.63, 3.8) is 0 Å². The van der Waals surface area contributed by atoms with Crippen molar-refractivity contribution in [2.75, 3.05) is 19.5 Å². The molecular weight excluding hydrogens is 256 g/mol. The van der Waals surface area contributed by atoms with E-state index in [1.54, 1.807) is 19.1 Å². The van der Waals surface area contributed by atoms with Gasteiger partial charge in [-0.2, -0.15) is 0 Å². The summed E-state index contributed by atoms with van der Waals surface area (Å²) in [6.45, 7) is 1.63. The minimum Gasteiger partial charge on any atom is -0.467 e. The van der Waals surface area contributed by atoms with E-state index in [0.717, 1.165) is 0 Å². The first-order chi connectivity index (χ1) is 8.40. The molecule has 1 rings (SSSR count). The molecule has 1 unspecified atom stereocenters. The predicted molar refractivity (Wildman–Crippen MR) is 67.8 cm³/mol. The maximum Gasteiger partial charge on any atom is 0.327 e. The molecule has 2 N–H and O–H groups in total. The Hall–Kier alpha value is -1.60. The van der Waals surface area contributed by atoms with Crippen LogP contribution in [0.3, 0.4) is 0 Å². The third kappa shape index (κ3) is 3.44. The van der Waals surface area contributed by atoms with Gasteiger partial charge in [0.2, 0.25) is 10.0 Å². The van der Waals surface area contributed by atoms with Crippen LogP contribution >= 0.6 is 0 Å². The molecule has 0 aliphatic heterocycles. The van der Waals surface area contributed by atoms with Gasteiger partial charge in [-0.15, -0.1) is 0 Å². The van der Waals surface area contributed by atoms with Crippen LogP contribution in [0.5, 0.6) is 0 Å². The Bertz CT molecular complexity index is 528. The number of benzene rings is 1. The van der Waals surface area contributed by atoms with E-state index in [9.17, 15) is 13.2 Å². The fraction of sp³-hybridized carbons (Fsp3) is 0.364. The number of anilines is 1. The molecule has 0 radical (unpaired) electrons. The van der Waals surface area contributed by atoms with Gasteiger partial charge >= 0.3 is 5.97 Å². The molecule has 0 saturated carbocycles. The van der Waals surface area contributed by atoms with Crippen LogP contribution in [0.1, 0.15) is 6.92 Å². The monoisotopic (exact) mass is 272 g/mol. The van der Waals surface area contributed by atoms with Crippen molar-refractivity contribution in [3.05, 3.63) is 24.3 Å². The van der Waals surface area contributed by atoms with E-state index >= 15 is 0 Å². The summed E-state index contributed by atoms with van der Waals surface area (Å²) < 4.78 is 30.0. The van der Waals surface area contributed by atoms with Crippen LogP contribution in [0.25, 0.3) is 0 Å². The lowest BCUT2D eigenvalue weighted by Crippen LogP contribution is -2.27. The smallest absolute Gasteiger partial charge is 0.327 e. The second-order valence-electron chi connectivity index (χ2n) is 3.62. The van der Waals surface area contributed by atoms with Gasteiger partial charge in [0.05, 0.1) is 12.0 Å². The lowest BCUT2D eigenvalue weighted by molar-refractivity contribution is -0.141. The van der Waals surface area contributed by atoms with Crippen molar-refractivity contribution in [2.45, 2.75) is 17.9 Å². The molecule has 0 heterocycles. The largest absolute Gasteiger partial charge is 0.467 e. The molecule has 0 amide bonds. The van der Waals surface area contributed by atoms with Crippen molar-refractivity contribution < 1.29 is 17.9 Å². The molecule has 0 aliphatic rings. The number of hydrogen-bond acceptors (Lipinski definition) is 5. The highest BCUT2D eigenvalue weighted by Crippen LogP contribution is 2.16. The number of methoxy groups -OCH3 is 1. The molecule has 1 aromatic carbocycles. The zero-order valence-electron chi connectivity index (χ0n) is 10.4. The van der Waals surface area contributed by atoms with Crippen LogP contribution in [0.4, 0.5) is 5.69 Å². The van der Waals surface area contributed by atoms with Crippen molar-refractivity contribution >= 4 is 21.7 Å². The highest BCUT2D eigenvalue weighted by atomic mass is 32.2. The number of carbonyl (C=O) groups excluding carboxylic acids is 1. The Morgan fingerprint density at radius 3 is 2.61 bits per heavy atom. The Morgan fingerprint density at radius 2 is 2.06 bits per heavy atom. The maximum atomic E-state index is 11.6. The molecule has 0 bridgehead atoms. The van der Waals surface area contributed by atoms with E-state index < -0.39 is 22.0 Å². The Labute approximate surface area is 106 Å². The number of hydrogen-bond donors (Lipinski definition) is 2. The molecule has 0 fully saturated rings. The molecule has 0 saturated heterocycles. The van der Waals surface area contributed by atoms with Gasteiger partial charge < -0.3 is 10.1 Å². The van der Waals surface area contributed by atoms with Crippen LogP contribution in [-0.4, -0.2) is 34.6 Å². The van der Waals surface area contributed by atoms with Crippen molar-refractivity contribution in [1.29, 1.82) is 0 Å². The fourth-order valence-corrected chi connectivity index (χ4v) is 2.13. The highest BCUT2D eigenvalue weighted by molar-refractivity contribution is 7.89. The average Bonchev–Trinajstić information content (AvgIpc) is 2.38. The number of sulfonamides is 1. The number of nitrogens with one attached hydrogen (secondary N) is 2. The van der Waals surface area contributed by atoms with E-state index in [1.165, 1.54) is 26.3 Å². The summed E-state index contributed by atoms with van der Waals surface area (Å²) in [4.78, 5) is 11.4. The van der Waals surface area contributed by atoms with E-state index in [4.69, 9.17) is 0 Å². The first-order valence-electron chi connectivity index (χ1n) is 5.28. The van der Waals surface area contributed by atoms with Crippen LogP contribution in [-0.2, 0) is 19.6 Å². The molecule has 0 spiro atoms. The fourth-order valence-electron chi connectivity index (χ4n) is 1.36. The molecular formula is C11H16N2O4S. The average molecular weight is 272 g/mol. The van der Waals surface area contributed by atoms with Crippen molar-refractivity contribution in [2.24, 2.45) is 0 Å². The first kappa shape index (κ1) is 14.5. The quantitative estimate of drug-likeness (QED) is 0.765. The maximum absolute atomic E-state index is 11.6. The van der Waals surface area contributed by atoms with Crippen LogP contribution in [0, 0.1) is 0 Å². The molecule has 1 aromatic rings. The first-order valence-corrected chi connectivity index (χ1v) is 6.77. The van der Waals surface area contributed by atoms with Gasteiger partial charge in [0, 0.05) is 5.69 Å². The number of rotatable bonds is 5. The summed E-state index contributed by atoms with van der Waals surface area (Å²) >= 11 is 0. The topological polar surface area (TPSA) is 84.5 Å². The third-order valence-electron chi connectivity index (χ3n) is 2.35. The Balaban J connectivity index is 2.93. The predicted octanol–water partition coefficient (Wildman–Crippen LogP) is 0.568. The molecule has 7 heteroatoms. The van der Waals surface area contributed by atoms with Gasteiger partial charge in [0.25, 0.3) is 0 Å². The summed E-state index contributed by atoms with van der Waals surface area (Å²) in [6, 6.07) is 5.64. The zero-order valence-corrected chi connectivity index (χ0v) is 11.2. The van der Waals surface area contributed by atoms with Crippen molar-refractivity contribution in [3.8, 4) is 0 Å². The number of ether oxygens (including phenoxy) is 1. The highest BCUT2D eigenvalue weighted by Gasteiger charge is 2.15. The number of esters is 1. The van der Waals surface area contributed by atoms with E-state index in [-0.39, 0.29) is 4.90 Å². The van der Waals surface area contributed by atoms with E-state index in [2.05, 4.69) is 14.8 Å². The van der Waals surface area contributed by atoms with Gasteiger partial charge in [-0.3, -0.25) is 0 Å². The molecule has 18 heavy (non-hydrogen) atoms. The number of carbonyl (C=O) groups is 1. The van der Waals surface area contributed by atoms with Gasteiger partial charge in [-0.1, -0.05) is 6.07 Å². The second kappa shape index (κ2) is 5.83. The van der Waals surface area contributed by atoms with E-state index in [1.807, 2.05) is 0 Å². The van der Waals surface area contributed by atoms with Crippen LogP contribution in [0.2, 0.25) is 0 Å². The lowest BCUT2D eigenvalue weighted by Gasteiger charge is -2.13. The van der Waals surface area contributed by atoms with Crippen molar-refractivity contribution in [1.82, 2.24) is 4.72 Å². The van der Waals surface area contributed by atoms with Gasteiger partial charge in [0.1, 0.15) is 6.04 Å². The minimum atomic E-state index is -3.49. The van der Waals surface area contributed by atoms with Crippen LogP contribution < -0.4 is 10.0 Å². The standard InChI is InChI=1S/C11H16N2O4S/c1-8(11(14)17-3)13-9-5-4-6-10(7-9)18(15,16)12-2/h4-8,12-13H,1-3H3. The third-order valence-corrected chi connectivity index (χ3v) is 3.76. The summed E-state index contributed by atoms with van der Waals surface area (Å²) in [5.74, 6) is -0.420. The molecule has 6 nitrogen and oxygen atoms in total. The lowest BCUT2D eigenvalue weighted by atomic mass is 10.2. The molecule has 100 valence electrons. The van der Waals surface area contributed by atoms with Crippen LogP contribution in [0.15, 0.2) is 29.2 Å². The zero-order chi connectivity index (χ0) is 13.8. The summed E-state index contributed by atoms with van der Waals surface area (Å²) in [6.07, 6.45) is 0. The Morgan fingerprint density at radius 1 is 1.39 bits per heavy atom. The molecule has 0 aromatic heterocycles. The normalized spacial score (nSPS) is 12.8. The van der Waals surface area contributed by atoms with Gasteiger partial charge in [-0.25, -0.2) is 17.9 Å². The summed E-state index contributed by atoms with van der Waals surface area (Å²) in [5, 5.41) is 2.86. The van der Waals surface area contributed by atoms with E-state index in [0.29, 0.717) is 5.69 Å². The summed E-state index contributed by atoms with van der Waals surface area (Å²) in [5.41, 5.74) is 0.532. The minimum absolute atomic E-state index is 0.132. The second-order valence-corrected chi connectivity index (χ2v) is 5.51. The Kier molecular flexibility index (Phi) is 4.69. The van der Waals surface area contributed by atoms with Gasteiger partial charge in [-0.05, 0) is 32.2 Å². The summed E-state index contributed by atoms with van der Waals surface area (Å²) in [7, 11) is -0.855. The molecule has 0 aliphatic carbocycles. The SMILES string of the molecule is CNS(=O)(=O)c1cccc(NC(C)C(=O)OC)c1. The van der Waals surface area contributed by atoms with Gasteiger partial charge in [0.15, 0.2) is 0 Å².